The molecule has 2 fully saturated rings. The average molecular weight is 337 g/mol. The predicted octanol–water partition coefficient (Wildman–Crippen LogP) is 2.14. The number of piperidine rings is 1. The number of rotatable bonds is 5. The third-order valence-electron chi connectivity index (χ3n) is 5.15. The van der Waals surface area contributed by atoms with E-state index in [9.17, 15) is 9.90 Å². The molecule has 1 aromatic rings. The summed E-state index contributed by atoms with van der Waals surface area (Å²) in [5, 5.41) is 18.8. The standard InChI is InChI=1S/C17H27N3O2S/c1-10(2)14-9-23-17(19-14)16(22)20-15(12-7-13(21)8-12)11-3-5-18-6-4-11/h9-13,15,18,21H,3-8H2,1-2H3,(H,20,22). The van der Waals surface area contributed by atoms with Crippen LogP contribution in [0.4, 0.5) is 0 Å². The third-order valence-corrected chi connectivity index (χ3v) is 6.01. The Kier molecular flexibility index (Phi) is 5.34. The first-order valence-corrected chi connectivity index (χ1v) is 9.57. The Morgan fingerprint density at radius 2 is 2.04 bits per heavy atom. The molecule has 1 aliphatic carbocycles. The van der Waals surface area contributed by atoms with E-state index in [0.29, 0.717) is 22.8 Å². The van der Waals surface area contributed by atoms with Crippen LogP contribution in [-0.4, -0.2) is 41.2 Å². The van der Waals surface area contributed by atoms with Gasteiger partial charge in [0.15, 0.2) is 5.01 Å². The van der Waals surface area contributed by atoms with Gasteiger partial charge in [-0.1, -0.05) is 13.8 Å². The van der Waals surface area contributed by atoms with Gasteiger partial charge in [0, 0.05) is 11.4 Å². The summed E-state index contributed by atoms with van der Waals surface area (Å²) in [7, 11) is 0. The summed E-state index contributed by atoms with van der Waals surface area (Å²) in [6.07, 6.45) is 3.61. The molecule has 2 heterocycles. The molecule has 3 N–H and O–H groups in total. The molecule has 1 amide bonds. The second kappa shape index (κ2) is 7.28. The van der Waals surface area contributed by atoms with Gasteiger partial charge in [-0.2, -0.15) is 0 Å². The Balaban J connectivity index is 1.67. The molecule has 5 nitrogen and oxygen atoms in total. The maximum absolute atomic E-state index is 12.6. The second-order valence-corrected chi connectivity index (χ2v) is 8.06. The molecule has 0 radical (unpaired) electrons. The molecule has 3 rings (SSSR count). The van der Waals surface area contributed by atoms with Crippen molar-refractivity contribution in [3.8, 4) is 0 Å². The van der Waals surface area contributed by atoms with Crippen LogP contribution < -0.4 is 10.6 Å². The van der Waals surface area contributed by atoms with E-state index in [1.165, 1.54) is 11.3 Å². The van der Waals surface area contributed by atoms with Crippen molar-refractivity contribution in [1.82, 2.24) is 15.6 Å². The lowest BCUT2D eigenvalue weighted by molar-refractivity contribution is 0.00918. The Morgan fingerprint density at radius 1 is 1.35 bits per heavy atom. The van der Waals surface area contributed by atoms with Gasteiger partial charge in [-0.05, 0) is 56.5 Å². The van der Waals surface area contributed by atoms with Gasteiger partial charge in [0.25, 0.3) is 5.91 Å². The lowest BCUT2D eigenvalue weighted by Gasteiger charge is -2.43. The number of hydrogen-bond acceptors (Lipinski definition) is 5. The minimum absolute atomic E-state index is 0.0492. The molecule has 6 heteroatoms. The molecule has 1 saturated carbocycles. The first kappa shape index (κ1) is 16.9. The van der Waals surface area contributed by atoms with E-state index < -0.39 is 0 Å². The number of aliphatic hydroxyl groups is 1. The van der Waals surface area contributed by atoms with Gasteiger partial charge in [-0.25, -0.2) is 4.98 Å². The Hall–Kier alpha value is -0.980. The number of nitrogens with one attached hydrogen (secondary N) is 2. The van der Waals surface area contributed by atoms with E-state index in [2.05, 4.69) is 29.5 Å². The fourth-order valence-electron chi connectivity index (χ4n) is 3.62. The number of aliphatic hydroxyl groups excluding tert-OH is 1. The quantitative estimate of drug-likeness (QED) is 0.769. The van der Waals surface area contributed by atoms with Crippen LogP contribution in [0.5, 0.6) is 0 Å². The topological polar surface area (TPSA) is 74.2 Å². The van der Waals surface area contributed by atoms with Gasteiger partial charge >= 0.3 is 0 Å². The minimum atomic E-state index is -0.187. The smallest absolute Gasteiger partial charge is 0.280 e. The molecule has 1 atom stereocenters. The third kappa shape index (κ3) is 3.92. The molecule has 0 spiro atoms. The van der Waals surface area contributed by atoms with Crippen LogP contribution in [0.1, 0.15) is 60.9 Å². The maximum Gasteiger partial charge on any atom is 0.280 e. The van der Waals surface area contributed by atoms with E-state index in [1.807, 2.05) is 5.38 Å². The zero-order chi connectivity index (χ0) is 16.4. The van der Waals surface area contributed by atoms with Crippen molar-refractivity contribution in [1.29, 1.82) is 0 Å². The van der Waals surface area contributed by atoms with Crippen molar-refractivity contribution < 1.29 is 9.90 Å². The summed E-state index contributed by atoms with van der Waals surface area (Å²) < 4.78 is 0. The number of nitrogens with zero attached hydrogens (tertiary/aromatic N) is 1. The molecule has 1 unspecified atom stereocenters. The zero-order valence-electron chi connectivity index (χ0n) is 13.9. The normalized spacial score (nSPS) is 26.8. The molecule has 128 valence electrons. The second-order valence-electron chi connectivity index (χ2n) is 7.20. The Morgan fingerprint density at radius 3 is 2.61 bits per heavy atom. The minimum Gasteiger partial charge on any atom is -0.393 e. The van der Waals surface area contributed by atoms with Gasteiger partial charge in [-0.3, -0.25) is 4.79 Å². The fraction of sp³-hybridized carbons (Fsp3) is 0.765. The predicted molar refractivity (Wildman–Crippen MR) is 91.8 cm³/mol. The zero-order valence-corrected chi connectivity index (χ0v) is 14.7. The van der Waals surface area contributed by atoms with Crippen LogP contribution >= 0.6 is 11.3 Å². The molecule has 0 aromatic carbocycles. The molecule has 1 aromatic heterocycles. The number of aromatic nitrogens is 1. The molecule has 23 heavy (non-hydrogen) atoms. The van der Waals surface area contributed by atoms with Gasteiger partial charge in [-0.15, -0.1) is 11.3 Å². The van der Waals surface area contributed by atoms with Crippen molar-refractivity contribution in [2.24, 2.45) is 11.8 Å². The lowest BCUT2D eigenvalue weighted by Crippen LogP contribution is -2.52. The highest BCUT2D eigenvalue weighted by Crippen LogP contribution is 2.36. The fourth-order valence-corrected chi connectivity index (χ4v) is 4.50. The van der Waals surface area contributed by atoms with Crippen LogP contribution in [0.3, 0.4) is 0 Å². The van der Waals surface area contributed by atoms with Crippen LogP contribution in [0.2, 0.25) is 0 Å². The molecule has 0 bridgehead atoms. The Bertz CT molecular complexity index is 534. The van der Waals surface area contributed by atoms with E-state index >= 15 is 0 Å². The number of carbonyl (C=O) groups is 1. The van der Waals surface area contributed by atoms with Gasteiger partial charge in [0.1, 0.15) is 0 Å². The first-order chi connectivity index (χ1) is 11.0. The highest BCUT2D eigenvalue weighted by atomic mass is 32.1. The van der Waals surface area contributed by atoms with E-state index in [-0.39, 0.29) is 18.1 Å². The molecular formula is C17H27N3O2S. The van der Waals surface area contributed by atoms with E-state index in [0.717, 1.165) is 44.5 Å². The molecule has 2 aliphatic rings. The van der Waals surface area contributed by atoms with Crippen LogP contribution in [0.25, 0.3) is 0 Å². The van der Waals surface area contributed by atoms with Crippen molar-refractivity contribution >= 4 is 17.2 Å². The number of carbonyl (C=O) groups excluding carboxylic acids is 1. The van der Waals surface area contributed by atoms with Crippen LogP contribution in [0, 0.1) is 11.8 Å². The summed E-state index contributed by atoms with van der Waals surface area (Å²) in [5.74, 6) is 1.20. The van der Waals surface area contributed by atoms with Crippen molar-refractivity contribution in [3.05, 3.63) is 16.1 Å². The van der Waals surface area contributed by atoms with Gasteiger partial charge < -0.3 is 15.7 Å². The summed E-state index contributed by atoms with van der Waals surface area (Å²) >= 11 is 1.43. The van der Waals surface area contributed by atoms with Gasteiger partial charge in [0.05, 0.1) is 11.8 Å². The van der Waals surface area contributed by atoms with Gasteiger partial charge in [0.2, 0.25) is 0 Å². The van der Waals surface area contributed by atoms with Crippen molar-refractivity contribution in [2.45, 2.75) is 57.6 Å². The SMILES string of the molecule is CC(C)c1csc(C(=O)NC(C2CCNCC2)C2CC(O)C2)n1. The molecular weight excluding hydrogens is 310 g/mol. The number of hydrogen-bond donors (Lipinski definition) is 3. The molecule has 1 saturated heterocycles. The maximum atomic E-state index is 12.6. The number of amides is 1. The first-order valence-electron chi connectivity index (χ1n) is 8.69. The summed E-state index contributed by atoms with van der Waals surface area (Å²) in [4.78, 5) is 17.1. The van der Waals surface area contributed by atoms with Crippen molar-refractivity contribution in [3.63, 3.8) is 0 Å². The highest BCUT2D eigenvalue weighted by molar-refractivity contribution is 7.11. The summed E-state index contributed by atoms with van der Waals surface area (Å²) in [6, 6.07) is 0.166. The summed E-state index contributed by atoms with van der Waals surface area (Å²) in [6.45, 7) is 6.21. The van der Waals surface area contributed by atoms with Crippen LogP contribution in [-0.2, 0) is 0 Å². The highest BCUT2D eigenvalue weighted by Gasteiger charge is 2.39. The number of thiazole rings is 1. The van der Waals surface area contributed by atoms with E-state index in [1.54, 1.807) is 0 Å². The summed E-state index contributed by atoms with van der Waals surface area (Å²) in [5.41, 5.74) is 0.984. The lowest BCUT2D eigenvalue weighted by atomic mass is 9.71. The van der Waals surface area contributed by atoms with E-state index in [4.69, 9.17) is 0 Å². The largest absolute Gasteiger partial charge is 0.393 e. The Labute approximate surface area is 141 Å². The average Bonchev–Trinajstić information content (AvgIpc) is 3.01. The van der Waals surface area contributed by atoms with Crippen LogP contribution in [0.15, 0.2) is 5.38 Å². The van der Waals surface area contributed by atoms with Crippen molar-refractivity contribution in [2.75, 3.05) is 13.1 Å². The monoisotopic (exact) mass is 337 g/mol. The molecule has 1 aliphatic heterocycles.